The Balaban J connectivity index is 2.72. The molecule has 1 heterocycles. The minimum atomic E-state index is -4.42. The molecule has 0 saturated carbocycles. The first-order valence-corrected chi connectivity index (χ1v) is 5.23. The van der Waals surface area contributed by atoms with E-state index in [1.807, 2.05) is 13.8 Å². The van der Waals surface area contributed by atoms with Crippen LogP contribution in [0, 0.1) is 17.8 Å². The number of hydrogen-bond donors (Lipinski definition) is 1. The maximum absolute atomic E-state index is 12.6. The van der Waals surface area contributed by atoms with E-state index in [4.69, 9.17) is 5.11 Å². The molecule has 3 nitrogen and oxygen atoms in total. The van der Waals surface area contributed by atoms with E-state index < -0.39 is 24.0 Å². The van der Waals surface area contributed by atoms with E-state index in [2.05, 4.69) is 0 Å². The van der Waals surface area contributed by atoms with Crippen molar-refractivity contribution in [2.75, 3.05) is 19.6 Å². The average molecular weight is 239 g/mol. The Morgan fingerprint density at radius 2 is 2.00 bits per heavy atom. The molecule has 94 valence electrons. The number of halogens is 3. The Labute approximate surface area is 92.2 Å². The number of rotatable bonds is 3. The molecule has 0 aromatic heterocycles. The van der Waals surface area contributed by atoms with Gasteiger partial charge in [0.1, 0.15) is 0 Å². The van der Waals surface area contributed by atoms with Crippen LogP contribution < -0.4 is 0 Å². The fraction of sp³-hybridized carbons (Fsp3) is 0.900. The van der Waals surface area contributed by atoms with E-state index in [9.17, 15) is 18.0 Å². The van der Waals surface area contributed by atoms with Crippen molar-refractivity contribution in [3.63, 3.8) is 0 Å². The van der Waals surface area contributed by atoms with Crippen LogP contribution in [0.4, 0.5) is 13.2 Å². The van der Waals surface area contributed by atoms with E-state index >= 15 is 0 Å². The monoisotopic (exact) mass is 239 g/mol. The molecule has 0 spiro atoms. The van der Waals surface area contributed by atoms with Crippen molar-refractivity contribution in [3.05, 3.63) is 0 Å². The highest BCUT2D eigenvalue weighted by atomic mass is 19.4. The fourth-order valence-corrected chi connectivity index (χ4v) is 2.13. The Morgan fingerprint density at radius 3 is 2.31 bits per heavy atom. The lowest BCUT2D eigenvalue weighted by atomic mass is 9.96. The molecule has 0 aromatic rings. The summed E-state index contributed by atoms with van der Waals surface area (Å²) in [4.78, 5) is 12.3. The molecule has 2 atom stereocenters. The van der Waals surface area contributed by atoms with Gasteiger partial charge in [0.15, 0.2) is 0 Å². The van der Waals surface area contributed by atoms with Crippen LogP contribution in [-0.4, -0.2) is 41.8 Å². The van der Waals surface area contributed by atoms with Gasteiger partial charge in [0, 0.05) is 19.6 Å². The molecule has 0 radical (unpaired) electrons. The first kappa shape index (κ1) is 13.3. The summed E-state index contributed by atoms with van der Waals surface area (Å²) in [6, 6.07) is 0. The van der Waals surface area contributed by atoms with Gasteiger partial charge in [0.25, 0.3) is 0 Å². The van der Waals surface area contributed by atoms with E-state index in [1.54, 1.807) is 4.90 Å². The Morgan fingerprint density at radius 1 is 1.44 bits per heavy atom. The molecular formula is C10H16F3NO2. The molecule has 1 N–H and O–H groups in total. The average Bonchev–Trinajstić information content (AvgIpc) is 2.45. The maximum Gasteiger partial charge on any atom is 0.393 e. The Kier molecular flexibility index (Phi) is 3.83. The largest absolute Gasteiger partial charge is 0.481 e. The quantitative estimate of drug-likeness (QED) is 0.817. The zero-order chi connectivity index (χ0) is 12.5. The molecule has 1 aliphatic rings. The minimum Gasteiger partial charge on any atom is -0.481 e. The van der Waals surface area contributed by atoms with Crippen LogP contribution in [0.5, 0.6) is 0 Å². The molecule has 0 amide bonds. The van der Waals surface area contributed by atoms with Gasteiger partial charge in [-0.2, -0.15) is 13.2 Å². The smallest absolute Gasteiger partial charge is 0.393 e. The third kappa shape index (κ3) is 3.10. The van der Waals surface area contributed by atoms with Crippen molar-refractivity contribution in [2.45, 2.75) is 20.0 Å². The molecule has 1 aliphatic heterocycles. The standard InChI is InChI=1S/C10H16F3NO2/c1-6(2)3-14-4-7(9(15)16)8(5-14)10(11,12)13/h6-8H,3-5H2,1-2H3,(H,15,16)/t7-,8-/m1/s1. The normalized spacial score (nSPS) is 27.6. The molecule has 0 unspecified atom stereocenters. The van der Waals surface area contributed by atoms with Gasteiger partial charge in [-0.25, -0.2) is 0 Å². The molecule has 1 fully saturated rings. The minimum absolute atomic E-state index is 0.00229. The summed E-state index contributed by atoms with van der Waals surface area (Å²) in [7, 11) is 0. The van der Waals surface area contributed by atoms with E-state index in [0.717, 1.165) is 0 Å². The van der Waals surface area contributed by atoms with Gasteiger partial charge in [0.2, 0.25) is 0 Å². The number of nitrogens with zero attached hydrogens (tertiary/aromatic N) is 1. The lowest BCUT2D eigenvalue weighted by Gasteiger charge is -2.19. The van der Waals surface area contributed by atoms with Crippen LogP contribution in [0.2, 0.25) is 0 Å². The van der Waals surface area contributed by atoms with Crippen molar-refractivity contribution >= 4 is 5.97 Å². The van der Waals surface area contributed by atoms with Crippen molar-refractivity contribution < 1.29 is 23.1 Å². The molecule has 16 heavy (non-hydrogen) atoms. The van der Waals surface area contributed by atoms with Crippen LogP contribution in [-0.2, 0) is 4.79 Å². The van der Waals surface area contributed by atoms with Gasteiger partial charge in [-0.15, -0.1) is 0 Å². The summed E-state index contributed by atoms with van der Waals surface area (Å²) in [6.07, 6.45) is -4.42. The summed E-state index contributed by atoms with van der Waals surface area (Å²) in [5.74, 6) is -4.17. The second-order valence-corrected chi connectivity index (χ2v) is 4.71. The summed E-state index contributed by atoms with van der Waals surface area (Å²) in [6.45, 7) is 4.11. The summed E-state index contributed by atoms with van der Waals surface area (Å²) in [5.41, 5.74) is 0. The second-order valence-electron chi connectivity index (χ2n) is 4.71. The highest BCUT2D eigenvalue weighted by molar-refractivity contribution is 5.71. The SMILES string of the molecule is CC(C)CN1C[C@@H](C(F)(F)F)[C@H](C(=O)O)C1. The molecular weight excluding hydrogens is 223 g/mol. The van der Waals surface area contributed by atoms with Crippen LogP contribution in [0.15, 0.2) is 0 Å². The van der Waals surface area contributed by atoms with Crippen LogP contribution in [0.1, 0.15) is 13.8 Å². The molecule has 1 saturated heterocycles. The number of likely N-dealkylation sites (tertiary alicyclic amines) is 1. The zero-order valence-electron chi connectivity index (χ0n) is 9.29. The summed E-state index contributed by atoms with van der Waals surface area (Å²) >= 11 is 0. The zero-order valence-corrected chi connectivity index (χ0v) is 9.29. The predicted molar refractivity (Wildman–Crippen MR) is 51.9 cm³/mol. The number of carboxylic acid groups (broad SMARTS) is 1. The highest BCUT2D eigenvalue weighted by Gasteiger charge is 2.52. The molecule has 0 aromatic carbocycles. The van der Waals surface area contributed by atoms with Crippen molar-refractivity contribution in [2.24, 2.45) is 17.8 Å². The third-order valence-corrected chi connectivity index (χ3v) is 2.76. The van der Waals surface area contributed by atoms with Crippen LogP contribution in [0.3, 0.4) is 0 Å². The highest BCUT2D eigenvalue weighted by Crippen LogP contribution is 2.37. The Bertz CT molecular complexity index is 265. The molecule has 6 heteroatoms. The van der Waals surface area contributed by atoms with Gasteiger partial charge in [-0.05, 0) is 5.92 Å². The van der Waals surface area contributed by atoms with Gasteiger partial charge < -0.3 is 10.0 Å². The van der Waals surface area contributed by atoms with E-state index in [0.29, 0.717) is 6.54 Å². The van der Waals surface area contributed by atoms with Gasteiger partial charge >= 0.3 is 12.1 Å². The van der Waals surface area contributed by atoms with Gasteiger partial charge in [-0.3, -0.25) is 4.79 Å². The fourth-order valence-electron chi connectivity index (χ4n) is 2.13. The van der Waals surface area contributed by atoms with Crippen molar-refractivity contribution in [3.8, 4) is 0 Å². The van der Waals surface area contributed by atoms with Crippen LogP contribution in [0.25, 0.3) is 0 Å². The molecule has 0 aliphatic carbocycles. The summed E-state index contributed by atoms with van der Waals surface area (Å²) in [5, 5.41) is 8.77. The lowest BCUT2D eigenvalue weighted by Crippen LogP contribution is -2.33. The van der Waals surface area contributed by atoms with Crippen LogP contribution >= 0.6 is 0 Å². The van der Waals surface area contributed by atoms with E-state index in [-0.39, 0.29) is 19.0 Å². The maximum atomic E-state index is 12.6. The van der Waals surface area contributed by atoms with Gasteiger partial charge in [0.05, 0.1) is 11.8 Å². The number of carbonyl (C=O) groups is 1. The lowest BCUT2D eigenvalue weighted by molar-refractivity contribution is -0.188. The van der Waals surface area contributed by atoms with Crippen molar-refractivity contribution in [1.82, 2.24) is 4.90 Å². The predicted octanol–water partition coefficient (Wildman–Crippen LogP) is 1.84. The van der Waals surface area contributed by atoms with Gasteiger partial charge in [-0.1, -0.05) is 13.8 Å². The second kappa shape index (κ2) is 4.61. The number of carboxylic acids is 1. The number of hydrogen-bond acceptors (Lipinski definition) is 2. The van der Waals surface area contributed by atoms with Crippen molar-refractivity contribution in [1.29, 1.82) is 0 Å². The summed E-state index contributed by atoms with van der Waals surface area (Å²) < 4.78 is 37.8. The van der Waals surface area contributed by atoms with E-state index in [1.165, 1.54) is 0 Å². The number of alkyl halides is 3. The Hall–Kier alpha value is -0.780. The first-order valence-electron chi connectivity index (χ1n) is 5.23. The number of aliphatic carboxylic acids is 1. The first-order chi connectivity index (χ1) is 7.21. The molecule has 0 bridgehead atoms. The topological polar surface area (TPSA) is 40.5 Å². The third-order valence-electron chi connectivity index (χ3n) is 2.76. The molecule has 1 rings (SSSR count).